The molecule has 0 fully saturated rings. The molecule has 4 nitrogen and oxygen atoms in total. The molecule has 0 bridgehead atoms. The summed E-state index contributed by atoms with van der Waals surface area (Å²) in [5.41, 5.74) is 4.16. The van der Waals surface area contributed by atoms with Crippen LogP contribution in [0.25, 0.3) is 11.8 Å². The van der Waals surface area contributed by atoms with Gasteiger partial charge >= 0.3 is 0 Å². The molecule has 0 radical (unpaired) electrons. The molecule has 1 aliphatic heterocycles. The molecular formula is C19H14BrNO3. The third kappa shape index (κ3) is 2.58. The van der Waals surface area contributed by atoms with Crippen LogP contribution in [0.4, 0.5) is 5.69 Å². The number of fused-ring (bicyclic) bond motifs is 1. The van der Waals surface area contributed by atoms with Crippen molar-refractivity contribution in [3.8, 4) is 5.75 Å². The number of benzene rings is 2. The second-order valence-electron chi connectivity index (χ2n) is 5.32. The quantitative estimate of drug-likeness (QED) is 0.587. The lowest BCUT2D eigenvalue weighted by molar-refractivity contribution is 0.112. The molecule has 0 N–H and O–H groups in total. The van der Waals surface area contributed by atoms with Crippen molar-refractivity contribution < 1.29 is 14.3 Å². The van der Waals surface area contributed by atoms with Gasteiger partial charge in [-0.25, -0.2) is 4.79 Å². The number of halogens is 1. The number of carbonyl (C=O) groups excluding carboxylic acids is 2. The molecule has 3 rings (SSSR count). The van der Waals surface area contributed by atoms with Gasteiger partial charge in [0.15, 0.2) is 12.2 Å². The van der Waals surface area contributed by atoms with Crippen LogP contribution < -0.4 is 9.64 Å². The number of methoxy groups -OCH3 is 1. The lowest BCUT2D eigenvalue weighted by Gasteiger charge is -2.28. The highest BCUT2D eigenvalue weighted by Crippen LogP contribution is 2.38. The third-order valence-electron chi connectivity index (χ3n) is 4.02. The fraction of sp³-hybridized carbons (Fsp3) is 0.105. The molecule has 120 valence electrons. The van der Waals surface area contributed by atoms with Crippen LogP contribution in [0, 0.1) is 6.92 Å². The Bertz CT molecular complexity index is 911. The zero-order valence-electron chi connectivity index (χ0n) is 13.2. The molecule has 2 aromatic rings. The van der Waals surface area contributed by atoms with Gasteiger partial charge in [-0.2, -0.15) is 0 Å². The van der Waals surface area contributed by atoms with Crippen LogP contribution in [0.5, 0.6) is 5.75 Å². The number of ether oxygens (including phenoxy) is 1. The Labute approximate surface area is 148 Å². The highest BCUT2D eigenvalue weighted by Gasteiger charge is 2.23. The zero-order chi connectivity index (χ0) is 17.3. The van der Waals surface area contributed by atoms with Crippen molar-refractivity contribution in [3.63, 3.8) is 0 Å². The third-order valence-corrected chi connectivity index (χ3v) is 4.88. The number of hydrogen-bond acceptors (Lipinski definition) is 4. The molecule has 0 aliphatic carbocycles. The minimum absolute atomic E-state index is 0.379. The summed E-state index contributed by atoms with van der Waals surface area (Å²) in [6.07, 6.45) is 4.41. The van der Waals surface area contributed by atoms with Gasteiger partial charge in [-0.05, 0) is 48.4 Å². The summed E-state index contributed by atoms with van der Waals surface area (Å²) in [4.78, 5) is 24.7. The Morgan fingerprint density at radius 2 is 2.08 bits per heavy atom. The van der Waals surface area contributed by atoms with Gasteiger partial charge in [-0.3, -0.25) is 4.79 Å². The van der Waals surface area contributed by atoms with Gasteiger partial charge in [0.2, 0.25) is 0 Å². The van der Waals surface area contributed by atoms with E-state index in [2.05, 4.69) is 15.9 Å². The van der Waals surface area contributed by atoms with Crippen LogP contribution in [-0.4, -0.2) is 19.3 Å². The molecule has 0 amide bonds. The van der Waals surface area contributed by atoms with E-state index in [0.29, 0.717) is 22.6 Å². The van der Waals surface area contributed by atoms with E-state index in [1.54, 1.807) is 23.2 Å². The maximum absolute atomic E-state index is 11.7. The van der Waals surface area contributed by atoms with E-state index in [9.17, 15) is 9.59 Å². The molecule has 5 heteroatoms. The van der Waals surface area contributed by atoms with E-state index in [-0.39, 0.29) is 0 Å². The van der Waals surface area contributed by atoms with Gasteiger partial charge in [-0.15, -0.1) is 0 Å². The lowest BCUT2D eigenvalue weighted by Crippen LogP contribution is -2.20. The molecule has 1 heterocycles. The lowest BCUT2D eigenvalue weighted by atomic mass is 9.97. The Morgan fingerprint density at radius 3 is 2.75 bits per heavy atom. The number of hydrogen-bond donors (Lipinski definition) is 0. The molecule has 0 unspecified atom stereocenters. The van der Waals surface area contributed by atoms with Crippen molar-refractivity contribution >= 4 is 45.6 Å². The van der Waals surface area contributed by atoms with Crippen LogP contribution in [-0.2, 0) is 4.79 Å². The predicted octanol–water partition coefficient (Wildman–Crippen LogP) is 4.24. The summed E-state index contributed by atoms with van der Waals surface area (Å²) in [6.45, 7) is 1.97. The largest absolute Gasteiger partial charge is 0.496 e. The molecule has 1 aliphatic rings. The Kier molecular flexibility index (Phi) is 4.38. The highest BCUT2D eigenvalue weighted by atomic mass is 79.9. The van der Waals surface area contributed by atoms with Gasteiger partial charge in [0.25, 0.3) is 0 Å². The summed E-state index contributed by atoms with van der Waals surface area (Å²) in [6, 6.07) is 9.20. The Morgan fingerprint density at radius 1 is 1.29 bits per heavy atom. The van der Waals surface area contributed by atoms with E-state index in [0.717, 1.165) is 27.6 Å². The maximum Gasteiger partial charge on any atom is 0.153 e. The molecule has 24 heavy (non-hydrogen) atoms. The average Bonchev–Trinajstić information content (AvgIpc) is 2.61. The summed E-state index contributed by atoms with van der Waals surface area (Å²) >= 11 is 3.51. The van der Waals surface area contributed by atoms with Gasteiger partial charge in [-0.1, -0.05) is 22.0 Å². The first-order valence-electron chi connectivity index (χ1n) is 7.26. The number of rotatable bonds is 3. The van der Waals surface area contributed by atoms with Crippen molar-refractivity contribution in [2.24, 2.45) is 0 Å². The van der Waals surface area contributed by atoms with Gasteiger partial charge < -0.3 is 9.64 Å². The minimum Gasteiger partial charge on any atom is -0.496 e. The molecule has 0 aromatic heterocycles. The molecule has 2 aromatic carbocycles. The minimum atomic E-state index is 0.379. The topological polar surface area (TPSA) is 46.6 Å². The normalized spacial score (nSPS) is 12.6. The zero-order valence-corrected chi connectivity index (χ0v) is 14.8. The van der Waals surface area contributed by atoms with Crippen molar-refractivity contribution in [1.29, 1.82) is 0 Å². The number of carbonyl (C=O) groups is 1. The van der Waals surface area contributed by atoms with E-state index < -0.39 is 0 Å². The second kappa shape index (κ2) is 6.48. The second-order valence-corrected chi connectivity index (χ2v) is 6.17. The first kappa shape index (κ1) is 16.2. The van der Waals surface area contributed by atoms with Crippen molar-refractivity contribution in [3.05, 3.63) is 63.3 Å². The Hall–Kier alpha value is -2.62. The van der Waals surface area contributed by atoms with Crippen LogP contribution in [0.3, 0.4) is 0 Å². The van der Waals surface area contributed by atoms with E-state index in [4.69, 9.17) is 4.74 Å². The van der Waals surface area contributed by atoms with E-state index >= 15 is 0 Å². The summed E-state index contributed by atoms with van der Waals surface area (Å²) in [5, 5.41) is 0. The maximum atomic E-state index is 11.7. The summed E-state index contributed by atoms with van der Waals surface area (Å²) in [7, 11) is 1.49. The van der Waals surface area contributed by atoms with E-state index in [1.165, 1.54) is 7.11 Å². The number of nitrogens with zero attached hydrogens (tertiary/aromatic N) is 1. The van der Waals surface area contributed by atoms with Gasteiger partial charge in [0.05, 0.1) is 18.4 Å². The van der Waals surface area contributed by atoms with Crippen molar-refractivity contribution in [2.45, 2.75) is 6.92 Å². The number of aldehydes is 1. The van der Waals surface area contributed by atoms with Crippen LogP contribution in [0.15, 0.2) is 41.0 Å². The van der Waals surface area contributed by atoms with Crippen LogP contribution in [0.2, 0.25) is 0 Å². The van der Waals surface area contributed by atoms with Crippen LogP contribution in [0.1, 0.15) is 27.0 Å². The van der Waals surface area contributed by atoms with Gasteiger partial charge in [0, 0.05) is 16.2 Å². The Balaban J connectivity index is 2.19. The van der Waals surface area contributed by atoms with E-state index in [1.807, 2.05) is 37.1 Å². The monoisotopic (exact) mass is 383 g/mol. The number of anilines is 1. The van der Waals surface area contributed by atoms with Crippen LogP contribution >= 0.6 is 15.9 Å². The molecule has 0 spiro atoms. The first-order valence-corrected chi connectivity index (χ1v) is 8.05. The predicted molar refractivity (Wildman–Crippen MR) is 97.9 cm³/mol. The highest BCUT2D eigenvalue weighted by molar-refractivity contribution is 9.10. The smallest absolute Gasteiger partial charge is 0.153 e. The average molecular weight is 384 g/mol. The fourth-order valence-corrected chi connectivity index (χ4v) is 3.10. The summed E-state index contributed by atoms with van der Waals surface area (Å²) < 4.78 is 6.21. The molecule has 0 saturated heterocycles. The molecule has 0 saturated carbocycles. The van der Waals surface area contributed by atoms with Crippen molar-refractivity contribution in [1.82, 2.24) is 0 Å². The first-order chi connectivity index (χ1) is 11.6. The molecule has 0 atom stereocenters. The standard InChI is InChI=1S/C19H14BrNO3/c1-12-16(20)4-3-5-17(12)21-7-6-13-8-14(10-22)19(24-2)9-15(13)18(21)11-23/h3-10H,1-2H3. The molecular weight excluding hydrogens is 370 g/mol. The fourth-order valence-electron chi connectivity index (χ4n) is 2.75. The summed E-state index contributed by atoms with van der Waals surface area (Å²) in [5.74, 6) is 2.45. The van der Waals surface area contributed by atoms with Crippen molar-refractivity contribution in [2.75, 3.05) is 12.0 Å². The van der Waals surface area contributed by atoms with Gasteiger partial charge in [0.1, 0.15) is 11.4 Å². The SMILES string of the molecule is COc1cc2c(cc1C=O)C=CN(c1cccc(Br)c1C)C2=C=O.